The van der Waals surface area contributed by atoms with Gasteiger partial charge in [0.25, 0.3) is 0 Å². The van der Waals surface area contributed by atoms with E-state index in [4.69, 9.17) is 0 Å². The first kappa shape index (κ1) is 21.6. The highest BCUT2D eigenvalue weighted by atomic mass is 16.2. The van der Waals surface area contributed by atoms with Crippen molar-refractivity contribution in [1.82, 2.24) is 14.7 Å². The van der Waals surface area contributed by atoms with Gasteiger partial charge >= 0.3 is 6.03 Å². The summed E-state index contributed by atoms with van der Waals surface area (Å²) in [6.45, 7) is 8.58. The number of imide groups is 1. The van der Waals surface area contributed by atoms with Crippen LogP contribution in [-0.4, -0.2) is 52.8 Å². The highest BCUT2D eigenvalue weighted by molar-refractivity contribution is 6.01. The molecule has 5 heteroatoms. The van der Waals surface area contributed by atoms with Gasteiger partial charge in [0.15, 0.2) is 0 Å². The number of hydrogen-bond acceptors (Lipinski definition) is 3. The zero-order chi connectivity index (χ0) is 21.8. The first-order chi connectivity index (χ1) is 15.0. The van der Waals surface area contributed by atoms with Gasteiger partial charge in [-0.2, -0.15) is 0 Å². The van der Waals surface area contributed by atoms with Crippen molar-refractivity contribution in [2.45, 2.75) is 46.2 Å². The van der Waals surface area contributed by atoms with Crippen LogP contribution in [0.25, 0.3) is 11.1 Å². The molecule has 5 nitrogen and oxygen atoms in total. The van der Waals surface area contributed by atoms with Crippen molar-refractivity contribution in [3.63, 3.8) is 0 Å². The lowest BCUT2D eigenvalue weighted by Crippen LogP contribution is -2.35. The minimum Gasteiger partial charge on any atom is -0.311 e. The van der Waals surface area contributed by atoms with Gasteiger partial charge in [-0.15, -0.1) is 0 Å². The van der Waals surface area contributed by atoms with E-state index >= 15 is 0 Å². The molecule has 31 heavy (non-hydrogen) atoms. The molecule has 4 rings (SSSR count). The monoisotopic (exact) mass is 419 g/mol. The molecule has 164 valence electrons. The lowest BCUT2D eigenvalue weighted by molar-refractivity contribution is -0.125. The molecule has 2 aliphatic rings. The van der Waals surface area contributed by atoms with Gasteiger partial charge in [0.05, 0.1) is 0 Å². The molecule has 0 spiro atoms. The van der Waals surface area contributed by atoms with Gasteiger partial charge in [0.1, 0.15) is 6.54 Å². The molecule has 3 amide bonds. The minimum atomic E-state index is -0.173. The third-order valence-electron chi connectivity index (χ3n) is 6.12. The van der Waals surface area contributed by atoms with Crippen LogP contribution in [0.3, 0.4) is 0 Å². The van der Waals surface area contributed by atoms with Crippen LogP contribution in [0.15, 0.2) is 48.5 Å². The van der Waals surface area contributed by atoms with E-state index in [9.17, 15) is 9.59 Å². The molecule has 2 fully saturated rings. The summed E-state index contributed by atoms with van der Waals surface area (Å²) in [5.41, 5.74) is 4.79. The second-order valence-corrected chi connectivity index (χ2v) is 9.27. The molecule has 0 radical (unpaired) electrons. The quantitative estimate of drug-likeness (QED) is 0.608. The van der Waals surface area contributed by atoms with Crippen LogP contribution in [-0.2, 0) is 17.9 Å². The average Bonchev–Trinajstić information content (AvgIpc) is 3.02. The highest BCUT2D eigenvalue weighted by Crippen LogP contribution is 2.24. The van der Waals surface area contributed by atoms with Gasteiger partial charge in [-0.05, 0) is 60.2 Å². The van der Waals surface area contributed by atoms with E-state index < -0.39 is 0 Å². The van der Waals surface area contributed by atoms with Crippen LogP contribution < -0.4 is 0 Å². The highest BCUT2D eigenvalue weighted by Gasteiger charge is 2.35. The Balaban J connectivity index is 1.40. The zero-order valence-electron chi connectivity index (χ0n) is 18.7. The topological polar surface area (TPSA) is 43.9 Å². The zero-order valence-corrected chi connectivity index (χ0v) is 18.7. The van der Waals surface area contributed by atoms with Crippen molar-refractivity contribution in [2.24, 2.45) is 5.92 Å². The molecule has 0 N–H and O–H groups in total. The number of rotatable bonds is 7. The summed E-state index contributed by atoms with van der Waals surface area (Å²) < 4.78 is 0. The number of nitrogens with zero attached hydrogens (tertiary/aromatic N) is 3. The normalized spacial score (nSPS) is 17.8. The SMILES string of the molecule is CC(C)CN1C(=O)CN(Cc2ccc(-c3cccc(CN4CCCCC4)c3)cc2)C1=O. The Kier molecular flexibility index (Phi) is 6.71. The van der Waals surface area contributed by atoms with E-state index in [1.807, 2.05) is 13.8 Å². The maximum Gasteiger partial charge on any atom is 0.327 e. The van der Waals surface area contributed by atoms with Crippen molar-refractivity contribution in [1.29, 1.82) is 0 Å². The fourth-order valence-corrected chi connectivity index (χ4v) is 4.51. The van der Waals surface area contributed by atoms with E-state index in [0.29, 0.717) is 13.1 Å². The van der Waals surface area contributed by atoms with Gasteiger partial charge < -0.3 is 4.90 Å². The third-order valence-corrected chi connectivity index (χ3v) is 6.12. The Morgan fingerprint density at radius 1 is 0.839 bits per heavy atom. The predicted octanol–water partition coefficient (Wildman–Crippen LogP) is 4.76. The summed E-state index contributed by atoms with van der Waals surface area (Å²) in [4.78, 5) is 30.3. The molecule has 2 aromatic carbocycles. The van der Waals surface area contributed by atoms with E-state index in [2.05, 4.69) is 53.4 Å². The predicted molar refractivity (Wildman–Crippen MR) is 123 cm³/mol. The van der Waals surface area contributed by atoms with Gasteiger partial charge in [-0.25, -0.2) is 4.79 Å². The lowest BCUT2D eigenvalue weighted by atomic mass is 10.0. The largest absolute Gasteiger partial charge is 0.327 e. The number of urea groups is 1. The lowest BCUT2D eigenvalue weighted by Gasteiger charge is -2.26. The van der Waals surface area contributed by atoms with Crippen LogP contribution in [0.5, 0.6) is 0 Å². The van der Waals surface area contributed by atoms with E-state index in [1.165, 1.54) is 53.9 Å². The van der Waals surface area contributed by atoms with Crippen molar-refractivity contribution < 1.29 is 9.59 Å². The molecule has 2 saturated heterocycles. The molecule has 2 aliphatic heterocycles. The number of amides is 3. The number of piperidine rings is 1. The molecule has 2 heterocycles. The summed E-state index contributed by atoms with van der Waals surface area (Å²) in [5, 5.41) is 0. The third kappa shape index (κ3) is 5.34. The average molecular weight is 420 g/mol. The molecular weight excluding hydrogens is 386 g/mol. The molecular formula is C26H33N3O2. The Morgan fingerprint density at radius 3 is 2.29 bits per heavy atom. The number of benzene rings is 2. The first-order valence-electron chi connectivity index (χ1n) is 11.5. The molecule has 0 bridgehead atoms. The Labute approximate surface area is 185 Å². The standard InChI is InChI=1S/C26H33N3O2/c1-20(2)16-29-25(30)19-28(26(29)31)18-21-9-11-23(12-10-21)24-8-6-7-22(15-24)17-27-13-4-3-5-14-27/h6-12,15,20H,3-5,13-14,16-19H2,1-2H3. The van der Waals surface area contributed by atoms with Gasteiger partial charge in [0, 0.05) is 19.6 Å². The van der Waals surface area contributed by atoms with Crippen LogP contribution in [0, 0.1) is 5.92 Å². The van der Waals surface area contributed by atoms with Gasteiger partial charge in [0.2, 0.25) is 5.91 Å². The summed E-state index contributed by atoms with van der Waals surface area (Å²) in [5.74, 6) is 0.179. The Morgan fingerprint density at radius 2 is 1.58 bits per heavy atom. The maximum absolute atomic E-state index is 12.6. The molecule has 0 atom stereocenters. The maximum atomic E-state index is 12.6. The molecule has 0 unspecified atom stereocenters. The first-order valence-corrected chi connectivity index (χ1v) is 11.5. The molecule has 0 saturated carbocycles. The van der Waals surface area contributed by atoms with Crippen molar-refractivity contribution in [3.8, 4) is 11.1 Å². The van der Waals surface area contributed by atoms with Crippen LogP contribution in [0.1, 0.15) is 44.2 Å². The summed E-state index contributed by atoms with van der Waals surface area (Å²) in [6, 6.07) is 17.0. The molecule has 2 aromatic rings. The fraction of sp³-hybridized carbons (Fsp3) is 0.462. The minimum absolute atomic E-state index is 0.0964. The van der Waals surface area contributed by atoms with Crippen molar-refractivity contribution >= 4 is 11.9 Å². The van der Waals surface area contributed by atoms with Crippen LogP contribution in [0.4, 0.5) is 4.79 Å². The van der Waals surface area contributed by atoms with E-state index in [1.54, 1.807) is 4.90 Å². The van der Waals surface area contributed by atoms with Gasteiger partial charge in [-0.3, -0.25) is 14.6 Å². The summed E-state index contributed by atoms with van der Waals surface area (Å²) >= 11 is 0. The van der Waals surface area contributed by atoms with Crippen LogP contribution >= 0.6 is 0 Å². The summed E-state index contributed by atoms with van der Waals surface area (Å²) in [7, 11) is 0. The van der Waals surface area contributed by atoms with Crippen molar-refractivity contribution in [2.75, 3.05) is 26.2 Å². The number of carbonyl (C=O) groups is 2. The smallest absolute Gasteiger partial charge is 0.311 e. The second-order valence-electron chi connectivity index (χ2n) is 9.27. The Hall–Kier alpha value is -2.66. The van der Waals surface area contributed by atoms with Crippen LogP contribution in [0.2, 0.25) is 0 Å². The van der Waals surface area contributed by atoms with E-state index in [-0.39, 0.29) is 24.4 Å². The van der Waals surface area contributed by atoms with E-state index in [0.717, 1.165) is 12.1 Å². The number of carbonyl (C=O) groups excluding carboxylic acids is 2. The number of likely N-dealkylation sites (tertiary alicyclic amines) is 1. The second kappa shape index (κ2) is 9.65. The van der Waals surface area contributed by atoms with Crippen molar-refractivity contribution in [3.05, 3.63) is 59.7 Å². The number of hydrogen-bond donors (Lipinski definition) is 0. The van der Waals surface area contributed by atoms with Gasteiger partial charge in [-0.1, -0.05) is 62.7 Å². The fourth-order valence-electron chi connectivity index (χ4n) is 4.51. The molecule has 0 aromatic heterocycles. The summed E-state index contributed by atoms with van der Waals surface area (Å²) in [6.07, 6.45) is 3.97. The Bertz CT molecular complexity index is 917. The molecule has 0 aliphatic carbocycles.